The maximum atomic E-state index is 7.69. The molecule has 0 bridgehead atoms. The zero-order valence-electron chi connectivity index (χ0n) is 9.69. The predicted octanol–water partition coefficient (Wildman–Crippen LogP) is 1.80. The monoisotopic (exact) mass is 217 g/mol. The van der Waals surface area contributed by atoms with Crippen LogP contribution in [0.1, 0.15) is 24.3 Å². The molecule has 0 heterocycles. The van der Waals surface area contributed by atoms with Crippen LogP contribution in [0.4, 0.5) is 0 Å². The lowest BCUT2D eigenvalue weighted by atomic mass is 9.97. The Labute approximate surface area is 96.8 Å². The first-order valence-corrected chi connectivity index (χ1v) is 5.77. The first-order chi connectivity index (χ1) is 7.68. The minimum Gasteiger partial charge on any atom is -0.387 e. The number of nitrogens with one attached hydrogen (secondary N) is 1. The normalized spacial score (nSPS) is 17.4. The van der Waals surface area contributed by atoms with Gasteiger partial charge in [-0.1, -0.05) is 30.3 Å². The van der Waals surface area contributed by atoms with Gasteiger partial charge in [-0.3, -0.25) is 5.41 Å². The van der Waals surface area contributed by atoms with Crippen molar-refractivity contribution in [2.24, 2.45) is 5.73 Å². The van der Waals surface area contributed by atoms with Gasteiger partial charge in [0.1, 0.15) is 0 Å². The molecule has 0 aromatic heterocycles. The SMILES string of the molecule is CN(CC(C(=N)N)c1ccccc1)C1CC1. The summed E-state index contributed by atoms with van der Waals surface area (Å²) in [6, 6.07) is 10.8. The topological polar surface area (TPSA) is 53.1 Å². The highest BCUT2D eigenvalue weighted by molar-refractivity contribution is 5.84. The highest BCUT2D eigenvalue weighted by Gasteiger charge is 2.28. The van der Waals surface area contributed by atoms with Crippen molar-refractivity contribution in [3.05, 3.63) is 35.9 Å². The Kier molecular flexibility index (Phi) is 3.25. The van der Waals surface area contributed by atoms with Crippen LogP contribution in [0.3, 0.4) is 0 Å². The van der Waals surface area contributed by atoms with E-state index in [1.165, 1.54) is 12.8 Å². The van der Waals surface area contributed by atoms with Crippen LogP contribution < -0.4 is 5.73 Å². The molecule has 1 aliphatic rings. The van der Waals surface area contributed by atoms with Gasteiger partial charge in [0.15, 0.2) is 0 Å². The van der Waals surface area contributed by atoms with Crippen molar-refractivity contribution in [1.82, 2.24) is 4.90 Å². The van der Waals surface area contributed by atoms with Crippen LogP contribution in [-0.2, 0) is 0 Å². The molecule has 1 atom stereocenters. The molecule has 1 aromatic rings. The van der Waals surface area contributed by atoms with Gasteiger partial charge in [-0.15, -0.1) is 0 Å². The van der Waals surface area contributed by atoms with Crippen molar-refractivity contribution in [1.29, 1.82) is 5.41 Å². The lowest BCUT2D eigenvalue weighted by Crippen LogP contribution is -2.33. The molecule has 0 spiro atoms. The number of hydrogen-bond donors (Lipinski definition) is 2. The third-order valence-corrected chi connectivity index (χ3v) is 3.22. The molecule has 3 N–H and O–H groups in total. The molecule has 1 aromatic carbocycles. The first-order valence-electron chi connectivity index (χ1n) is 5.77. The number of likely N-dealkylation sites (N-methyl/N-ethyl adjacent to an activating group) is 1. The van der Waals surface area contributed by atoms with E-state index in [1.807, 2.05) is 30.3 Å². The molecule has 1 saturated carbocycles. The second-order valence-corrected chi connectivity index (χ2v) is 4.59. The van der Waals surface area contributed by atoms with Crippen LogP contribution in [0, 0.1) is 5.41 Å². The molecule has 86 valence electrons. The Hall–Kier alpha value is -1.35. The van der Waals surface area contributed by atoms with E-state index in [1.54, 1.807) is 0 Å². The van der Waals surface area contributed by atoms with Gasteiger partial charge in [0.2, 0.25) is 0 Å². The summed E-state index contributed by atoms with van der Waals surface area (Å²) in [5.41, 5.74) is 6.84. The van der Waals surface area contributed by atoms with Crippen molar-refractivity contribution in [2.75, 3.05) is 13.6 Å². The van der Waals surface area contributed by atoms with E-state index in [0.717, 1.165) is 12.1 Å². The molecule has 0 aliphatic heterocycles. The average Bonchev–Trinajstić information content (AvgIpc) is 3.10. The summed E-state index contributed by atoms with van der Waals surface area (Å²) in [6.07, 6.45) is 2.58. The lowest BCUT2D eigenvalue weighted by Gasteiger charge is -2.23. The third-order valence-electron chi connectivity index (χ3n) is 3.22. The smallest absolute Gasteiger partial charge is 0.0995 e. The average molecular weight is 217 g/mol. The molecule has 3 nitrogen and oxygen atoms in total. The molecule has 3 heteroatoms. The van der Waals surface area contributed by atoms with E-state index in [2.05, 4.69) is 11.9 Å². The number of rotatable bonds is 5. The molecule has 0 radical (unpaired) electrons. The van der Waals surface area contributed by atoms with Gasteiger partial charge < -0.3 is 10.6 Å². The molecular formula is C13H19N3. The largest absolute Gasteiger partial charge is 0.387 e. The molecule has 1 aliphatic carbocycles. The number of amidine groups is 1. The minimum atomic E-state index is 0.0341. The summed E-state index contributed by atoms with van der Waals surface area (Å²) in [4.78, 5) is 2.32. The summed E-state index contributed by atoms with van der Waals surface area (Å²) >= 11 is 0. The Morgan fingerprint density at radius 3 is 2.56 bits per heavy atom. The van der Waals surface area contributed by atoms with Crippen molar-refractivity contribution in [2.45, 2.75) is 24.8 Å². The Morgan fingerprint density at radius 1 is 1.44 bits per heavy atom. The Morgan fingerprint density at radius 2 is 2.06 bits per heavy atom. The molecule has 0 saturated heterocycles. The van der Waals surface area contributed by atoms with Crippen LogP contribution in [0.15, 0.2) is 30.3 Å². The molecule has 1 unspecified atom stereocenters. The second-order valence-electron chi connectivity index (χ2n) is 4.59. The van der Waals surface area contributed by atoms with E-state index < -0.39 is 0 Å². The van der Waals surface area contributed by atoms with E-state index >= 15 is 0 Å². The molecule has 1 fully saturated rings. The summed E-state index contributed by atoms with van der Waals surface area (Å²) in [6.45, 7) is 0.851. The number of hydrogen-bond acceptors (Lipinski definition) is 2. The number of nitrogens with zero attached hydrogens (tertiary/aromatic N) is 1. The van der Waals surface area contributed by atoms with Crippen molar-refractivity contribution >= 4 is 5.84 Å². The number of nitrogens with two attached hydrogens (primary N) is 1. The molecular weight excluding hydrogens is 198 g/mol. The van der Waals surface area contributed by atoms with Gasteiger partial charge in [0.05, 0.1) is 11.8 Å². The van der Waals surface area contributed by atoms with Gasteiger partial charge in [0, 0.05) is 12.6 Å². The van der Waals surface area contributed by atoms with Crippen molar-refractivity contribution in [3.8, 4) is 0 Å². The Balaban J connectivity index is 2.08. The maximum absolute atomic E-state index is 7.69. The van der Waals surface area contributed by atoms with Gasteiger partial charge in [-0.2, -0.15) is 0 Å². The Bertz CT molecular complexity index is 357. The fourth-order valence-electron chi connectivity index (χ4n) is 2.02. The quantitative estimate of drug-likeness (QED) is 0.583. The van der Waals surface area contributed by atoms with Crippen LogP contribution in [-0.4, -0.2) is 30.4 Å². The second kappa shape index (κ2) is 4.66. The van der Waals surface area contributed by atoms with E-state index in [9.17, 15) is 0 Å². The predicted molar refractivity (Wildman–Crippen MR) is 66.7 cm³/mol. The van der Waals surface area contributed by atoms with Crippen LogP contribution in [0.25, 0.3) is 0 Å². The summed E-state index contributed by atoms with van der Waals surface area (Å²) in [5, 5.41) is 7.69. The maximum Gasteiger partial charge on any atom is 0.0995 e. The zero-order valence-corrected chi connectivity index (χ0v) is 9.69. The lowest BCUT2D eigenvalue weighted by molar-refractivity contribution is 0.320. The molecule has 0 amide bonds. The van der Waals surface area contributed by atoms with Crippen LogP contribution in [0.5, 0.6) is 0 Å². The van der Waals surface area contributed by atoms with E-state index in [-0.39, 0.29) is 11.8 Å². The zero-order chi connectivity index (χ0) is 11.5. The summed E-state index contributed by atoms with van der Waals surface area (Å²) in [5.74, 6) is 0.297. The minimum absolute atomic E-state index is 0.0341. The van der Waals surface area contributed by atoms with Gasteiger partial charge in [-0.05, 0) is 25.5 Å². The van der Waals surface area contributed by atoms with E-state index in [4.69, 9.17) is 11.1 Å². The van der Waals surface area contributed by atoms with Gasteiger partial charge in [0.25, 0.3) is 0 Å². The van der Waals surface area contributed by atoms with Crippen LogP contribution >= 0.6 is 0 Å². The van der Waals surface area contributed by atoms with Crippen molar-refractivity contribution < 1.29 is 0 Å². The van der Waals surface area contributed by atoms with Crippen LogP contribution in [0.2, 0.25) is 0 Å². The van der Waals surface area contributed by atoms with Crippen molar-refractivity contribution in [3.63, 3.8) is 0 Å². The third kappa shape index (κ3) is 2.61. The molecule has 2 rings (SSSR count). The number of benzene rings is 1. The summed E-state index contributed by atoms with van der Waals surface area (Å²) < 4.78 is 0. The van der Waals surface area contributed by atoms with Gasteiger partial charge in [-0.25, -0.2) is 0 Å². The first kappa shape index (κ1) is 11.1. The van der Waals surface area contributed by atoms with Gasteiger partial charge >= 0.3 is 0 Å². The molecule has 16 heavy (non-hydrogen) atoms. The summed E-state index contributed by atoms with van der Waals surface area (Å²) in [7, 11) is 2.12. The fraction of sp³-hybridized carbons (Fsp3) is 0.462. The highest BCUT2D eigenvalue weighted by Crippen LogP contribution is 2.27. The highest BCUT2D eigenvalue weighted by atomic mass is 15.2. The fourth-order valence-corrected chi connectivity index (χ4v) is 2.02. The standard InChI is InChI=1S/C13H19N3/c1-16(11-7-8-11)9-12(13(14)15)10-5-3-2-4-6-10/h2-6,11-12H,7-9H2,1H3,(H3,14,15). The van der Waals surface area contributed by atoms with E-state index in [0.29, 0.717) is 6.04 Å².